The van der Waals surface area contributed by atoms with Crippen molar-refractivity contribution in [3.05, 3.63) is 59.1 Å². The molecule has 19 heavy (non-hydrogen) atoms. The molecule has 0 aromatic heterocycles. The molecule has 1 nitrogen and oxygen atoms in total. The minimum absolute atomic E-state index is 0.146. The van der Waals surface area contributed by atoms with Crippen LogP contribution in [0.15, 0.2) is 58.3 Å². The highest BCUT2D eigenvalue weighted by Crippen LogP contribution is 2.22. The number of carbonyl (C=O) groups excluding carboxylic acids is 1. The molecule has 0 aliphatic heterocycles. The van der Waals surface area contributed by atoms with Crippen LogP contribution in [0.2, 0.25) is 5.02 Å². The van der Waals surface area contributed by atoms with Gasteiger partial charge in [-0.2, -0.15) is 0 Å². The standard InChI is InChI=1S/C15H13ClOS2/c1-18-13-6-2-11(3-7-13)15(17)10-19-14-8-4-12(16)5-9-14/h2-9H,10H2,1H3. The maximum Gasteiger partial charge on any atom is 0.173 e. The van der Waals surface area contributed by atoms with Gasteiger partial charge in [-0.15, -0.1) is 23.5 Å². The molecule has 2 aromatic rings. The lowest BCUT2D eigenvalue weighted by atomic mass is 10.1. The monoisotopic (exact) mass is 308 g/mol. The molecule has 0 amide bonds. The van der Waals surface area contributed by atoms with Crippen LogP contribution in [0.25, 0.3) is 0 Å². The van der Waals surface area contributed by atoms with Crippen LogP contribution in [-0.2, 0) is 0 Å². The van der Waals surface area contributed by atoms with Gasteiger partial charge in [0.15, 0.2) is 5.78 Å². The molecule has 0 N–H and O–H groups in total. The van der Waals surface area contributed by atoms with Crippen molar-refractivity contribution in [2.75, 3.05) is 12.0 Å². The molecule has 98 valence electrons. The summed E-state index contributed by atoms with van der Waals surface area (Å²) < 4.78 is 0. The lowest BCUT2D eigenvalue weighted by molar-refractivity contribution is 0.102. The fourth-order valence-corrected chi connectivity index (χ4v) is 2.87. The molecule has 2 aromatic carbocycles. The van der Waals surface area contributed by atoms with E-state index in [1.807, 2.05) is 54.8 Å². The number of carbonyl (C=O) groups is 1. The Morgan fingerprint density at radius 2 is 1.58 bits per heavy atom. The van der Waals surface area contributed by atoms with E-state index in [-0.39, 0.29) is 5.78 Å². The highest BCUT2D eigenvalue weighted by Gasteiger charge is 2.06. The predicted molar refractivity (Wildman–Crippen MR) is 84.7 cm³/mol. The highest BCUT2D eigenvalue weighted by atomic mass is 35.5. The zero-order valence-corrected chi connectivity index (χ0v) is 12.8. The molecule has 0 unspecified atom stereocenters. The first-order valence-electron chi connectivity index (χ1n) is 5.74. The number of hydrogen-bond acceptors (Lipinski definition) is 3. The molecule has 4 heteroatoms. The molecule has 0 fully saturated rings. The average Bonchev–Trinajstić information content (AvgIpc) is 2.46. The van der Waals surface area contributed by atoms with Crippen LogP contribution in [0.1, 0.15) is 10.4 Å². The van der Waals surface area contributed by atoms with Gasteiger partial charge in [0.1, 0.15) is 0 Å². The summed E-state index contributed by atoms with van der Waals surface area (Å²) in [5.74, 6) is 0.591. The second-order valence-electron chi connectivity index (χ2n) is 3.89. The molecule has 0 aliphatic rings. The molecule has 0 heterocycles. The first kappa shape index (κ1) is 14.5. The average molecular weight is 309 g/mol. The molecular formula is C15H13ClOS2. The topological polar surface area (TPSA) is 17.1 Å². The van der Waals surface area contributed by atoms with Crippen LogP contribution in [0.4, 0.5) is 0 Å². The Hall–Kier alpha value is -0.900. The van der Waals surface area contributed by atoms with Gasteiger partial charge in [0.2, 0.25) is 0 Å². The first-order chi connectivity index (χ1) is 9.19. The molecule has 0 saturated carbocycles. The highest BCUT2D eigenvalue weighted by molar-refractivity contribution is 8.00. The molecule has 0 atom stereocenters. The summed E-state index contributed by atoms with van der Waals surface area (Å²) in [6, 6.07) is 15.3. The van der Waals surface area contributed by atoms with E-state index in [1.165, 1.54) is 16.7 Å². The second kappa shape index (κ2) is 7.04. The summed E-state index contributed by atoms with van der Waals surface area (Å²) in [6.45, 7) is 0. The Balaban J connectivity index is 1.95. The lowest BCUT2D eigenvalue weighted by Gasteiger charge is -2.03. The minimum atomic E-state index is 0.146. The zero-order chi connectivity index (χ0) is 13.7. The number of hydrogen-bond donors (Lipinski definition) is 0. The van der Waals surface area contributed by atoms with Gasteiger partial charge in [-0.3, -0.25) is 4.79 Å². The van der Waals surface area contributed by atoms with Crippen molar-refractivity contribution in [3.8, 4) is 0 Å². The van der Waals surface area contributed by atoms with Gasteiger partial charge < -0.3 is 0 Å². The van der Waals surface area contributed by atoms with Crippen molar-refractivity contribution < 1.29 is 4.79 Å². The summed E-state index contributed by atoms with van der Waals surface area (Å²) in [5, 5.41) is 0.711. The largest absolute Gasteiger partial charge is 0.293 e. The van der Waals surface area contributed by atoms with Gasteiger partial charge >= 0.3 is 0 Å². The van der Waals surface area contributed by atoms with Crippen molar-refractivity contribution >= 4 is 40.9 Å². The van der Waals surface area contributed by atoms with Crippen LogP contribution >= 0.6 is 35.1 Å². The molecule has 0 radical (unpaired) electrons. The molecule has 0 aliphatic carbocycles. The van der Waals surface area contributed by atoms with E-state index in [0.29, 0.717) is 10.8 Å². The van der Waals surface area contributed by atoms with Crippen LogP contribution in [0, 0.1) is 0 Å². The molecule has 2 rings (SSSR count). The van der Waals surface area contributed by atoms with E-state index in [9.17, 15) is 4.79 Å². The Morgan fingerprint density at radius 1 is 1.00 bits per heavy atom. The third-order valence-electron chi connectivity index (χ3n) is 2.60. The number of benzene rings is 2. The summed E-state index contributed by atoms with van der Waals surface area (Å²) >= 11 is 9.02. The lowest BCUT2D eigenvalue weighted by Crippen LogP contribution is -2.01. The Kier molecular flexibility index (Phi) is 5.37. The SMILES string of the molecule is CSc1ccc(C(=O)CSc2ccc(Cl)cc2)cc1. The van der Waals surface area contributed by atoms with Crippen molar-refractivity contribution in [3.63, 3.8) is 0 Å². The van der Waals surface area contributed by atoms with E-state index in [4.69, 9.17) is 11.6 Å². The Labute approximate surface area is 126 Å². The van der Waals surface area contributed by atoms with Crippen molar-refractivity contribution in [1.29, 1.82) is 0 Å². The van der Waals surface area contributed by atoms with Gasteiger partial charge in [-0.05, 0) is 42.7 Å². The summed E-state index contributed by atoms with van der Waals surface area (Å²) in [4.78, 5) is 14.3. The number of Topliss-reactive ketones (excluding diaryl/α,β-unsaturated/α-hetero) is 1. The van der Waals surface area contributed by atoms with Gasteiger partial charge in [0.05, 0.1) is 5.75 Å². The van der Waals surface area contributed by atoms with Gasteiger partial charge in [-0.1, -0.05) is 23.7 Å². The van der Waals surface area contributed by atoms with Crippen LogP contribution in [0.5, 0.6) is 0 Å². The number of thioether (sulfide) groups is 2. The van der Waals surface area contributed by atoms with Crippen LogP contribution in [-0.4, -0.2) is 17.8 Å². The molecule has 0 spiro atoms. The molecular weight excluding hydrogens is 296 g/mol. The van der Waals surface area contributed by atoms with Crippen molar-refractivity contribution in [1.82, 2.24) is 0 Å². The fraction of sp³-hybridized carbons (Fsp3) is 0.133. The molecule has 0 saturated heterocycles. The maximum absolute atomic E-state index is 12.0. The number of rotatable bonds is 5. The molecule has 0 bridgehead atoms. The van der Waals surface area contributed by atoms with E-state index >= 15 is 0 Å². The quantitative estimate of drug-likeness (QED) is 0.569. The van der Waals surface area contributed by atoms with Gasteiger partial charge in [-0.25, -0.2) is 0 Å². The Bertz CT molecular complexity index is 549. The third kappa shape index (κ3) is 4.30. The normalized spacial score (nSPS) is 10.4. The predicted octanol–water partition coefficient (Wildman–Crippen LogP) is 5.04. The van der Waals surface area contributed by atoms with E-state index in [2.05, 4.69) is 0 Å². The van der Waals surface area contributed by atoms with Gasteiger partial charge in [0, 0.05) is 20.4 Å². The van der Waals surface area contributed by atoms with Crippen LogP contribution < -0.4 is 0 Å². The summed E-state index contributed by atoms with van der Waals surface area (Å²) in [7, 11) is 0. The summed E-state index contributed by atoms with van der Waals surface area (Å²) in [5.41, 5.74) is 0.763. The van der Waals surface area contributed by atoms with Gasteiger partial charge in [0.25, 0.3) is 0 Å². The van der Waals surface area contributed by atoms with E-state index in [0.717, 1.165) is 10.5 Å². The maximum atomic E-state index is 12.0. The van der Waals surface area contributed by atoms with Crippen molar-refractivity contribution in [2.24, 2.45) is 0 Å². The zero-order valence-electron chi connectivity index (χ0n) is 10.4. The van der Waals surface area contributed by atoms with E-state index < -0.39 is 0 Å². The Morgan fingerprint density at radius 3 is 2.16 bits per heavy atom. The number of halogens is 1. The number of ketones is 1. The van der Waals surface area contributed by atoms with E-state index in [1.54, 1.807) is 11.8 Å². The minimum Gasteiger partial charge on any atom is -0.293 e. The smallest absolute Gasteiger partial charge is 0.173 e. The van der Waals surface area contributed by atoms with Crippen molar-refractivity contribution in [2.45, 2.75) is 9.79 Å². The van der Waals surface area contributed by atoms with Crippen LogP contribution in [0.3, 0.4) is 0 Å². The first-order valence-corrected chi connectivity index (χ1v) is 8.33. The second-order valence-corrected chi connectivity index (χ2v) is 6.26. The summed E-state index contributed by atoms with van der Waals surface area (Å²) in [6.07, 6.45) is 2.02. The fourth-order valence-electron chi connectivity index (χ4n) is 1.54. The third-order valence-corrected chi connectivity index (χ3v) is 4.60.